The number of sulfonamides is 1. The maximum Gasteiger partial charge on any atom is 0.240 e. The third-order valence-corrected chi connectivity index (χ3v) is 4.43. The second kappa shape index (κ2) is 9.56. The van der Waals surface area contributed by atoms with Crippen molar-refractivity contribution in [1.82, 2.24) is 4.72 Å². The molecule has 21 heavy (non-hydrogen) atoms. The van der Waals surface area contributed by atoms with Crippen molar-refractivity contribution in [2.24, 2.45) is 0 Å². The quantitative estimate of drug-likeness (QED) is 0.572. The van der Waals surface area contributed by atoms with E-state index in [0.717, 1.165) is 31.2 Å². The van der Waals surface area contributed by atoms with Crippen LogP contribution in [0.5, 0.6) is 0 Å². The molecule has 2 N–H and O–H groups in total. The molecule has 0 heterocycles. The van der Waals surface area contributed by atoms with E-state index >= 15 is 0 Å². The van der Waals surface area contributed by atoms with Gasteiger partial charge in [-0.25, -0.2) is 13.1 Å². The van der Waals surface area contributed by atoms with Crippen LogP contribution in [0.2, 0.25) is 0 Å². The van der Waals surface area contributed by atoms with E-state index in [1.807, 2.05) is 0 Å². The van der Waals surface area contributed by atoms with Crippen molar-refractivity contribution in [3.63, 3.8) is 0 Å². The number of nitrogens with one attached hydrogen (secondary N) is 1. The number of hydrogen-bond acceptors (Lipinski definition) is 3. The van der Waals surface area contributed by atoms with E-state index in [1.165, 1.54) is 0 Å². The maximum absolute atomic E-state index is 12.1. The molecule has 0 aromatic heterocycles. The fourth-order valence-corrected chi connectivity index (χ4v) is 2.85. The van der Waals surface area contributed by atoms with Crippen molar-refractivity contribution in [3.05, 3.63) is 29.8 Å². The van der Waals surface area contributed by atoms with Gasteiger partial charge in [0.15, 0.2) is 0 Å². The number of benzene rings is 1. The number of aliphatic hydroxyl groups is 1. The number of aliphatic hydroxyl groups excluding tert-OH is 1. The average Bonchev–Trinajstić information content (AvgIpc) is 2.48. The van der Waals surface area contributed by atoms with Crippen LogP contribution in [0.25, 0.3) is 0 Å². The van der Waals surface area contributed by atoms with Crippen LogP contribution in [-0.2, 0) is 10.0 Å². The molecule has 0 amide bonds. The van der Waals surface area contributed by atoms with Gasteiger partial charge < -0.3 is 5.11 Å². The summed E-state index contributed by atoms with van der Waals surface area (Å²) in [6, 6.07) is 6.46. The van der Waals surface area contributed by atoms with Gasteiger partial charge in [0, 0.05) is 18.5 Å². The highest BCUT2D eigenvalue weighted by molar-refractivity contribution is 7.89. The first-order chi connectivity index (χ1) is 10.1. The molecule has 0 saturated carbocycles. The molecule has 1 aromatic carbocycles. The van der Waals surface area contributed by atoms with E-state index in [9.17, 15) is 8.42 Å². The highest BCUT2D eigenvalue weighted by Gasteiger charge is 2.12. The molecule has 0 unspecified atom stereocenters. The van der Waals surface area contributed by atoms with E-state index in [1.54, 1.807) is 24.3 Å². The first-order valence-corrected chi connectivity index (χ1v) is 8.78. The zero-order valence-corrected chi connectivity index (χ0v) is 13.2. The lowest BCUT2D eigenvalue weighted by atomic mass is 10.2. The summed E-state index contributed by atoms with van der Waals surface area (Å²) in [7, 11) is -3.43. The van der Waals surface area contributed by atoms with E-state index < -0.39 is 10.0 Å². The summed E-state index contributed by atoms with van der Waals surface area (Å²) in [5.74, 6) is 5.66. The monoisotopic (exact) mass is 309 g/mol. The molecule has 0 spiro atoms. The third-order valence-electron chi connectivity index (χ3n) is 2.96. The fourth-order valence-electron chi connectivity index (χ4n) is 1.78. The lowest BCUT2D eigenvalue weighted by Gasteiger charge is -2.06. The molecular formula is C16H23NO3S. The van der Waals surface area contributed by atoms with E-state index in [4.69, 9.17) is 5.11 Å². The molecule has 1 aromatic rings. The van der Waals surface area contributed by atoms with Gasteiger partial charge in [0.25, 0.3) is 0 Å². The first-order valence-electron chi connectivity index (χ1n) is 7.29. The van der Waals surface area contributed by atoms with Gasteiger partial charge in [0.1, 0.15) is 0 Å². The Morgan fingerprint density at radius 2 is 1.86 bits per heavy atom. The maximum atomic E-state index is 12.1. The molecule has 0 bridgehead atoms. The number of unbranched alkanes of at least 4 members (excludes halogenated alkanes) is 3. The molecule has 0 aliphatic rings. The van der Waals surface area contributed by atoms with Crippen LogP contribution in [0.15, 0.2) is 29.2 Å². The Bertz CT molecular complexity index is 568. The Labute approximate surface area is 127 Å². The Morgan fingerprint density at radius 3 is 2.48 bits per heavy atom. The SMILES string of the molecule is CCCCCCNS(=O)(=O)c1ccc(C#CCCO)cc1. The Kier molecular flexibility index (Phi) is 8.06. The molecular weight excluding hydrogens is 286 g/mol. The summed E-state index contributed by atoms with van der Waals surface area (Å²) in [5.41, 5.74) is 0.741. The van der Waals surface area contributed by atoms with Crippen molar-refractivity contribution in [3.8, 4) is 11.8 Å². The molecule has 0 aliphatic heterocycles. The first kappa shape index (κ1) is 17.7. The molecule has 0 radical (unpaired) electrons. The summed E-state index contributed by atoms with van der Waals surface area (Å²) in [6.07, 6.45) is 4.57. The fraction of sp³-hybridized carbons (Fsp3) is 0.500. The molecule has 0 aliphatic carbocycles. The normalized spacial score (nSPS) is 11.0. The summed E-state index contributed by atoms with van der Waals surface area (Å²) in [6.45, 7) is 2.62. The zero-order valence-electron chi connectivity index (χ0n) is 12.4. The highest BCUT2D eigenvalue weighted by Crippen LogP contribution is 2.10. The molecule has 4 nitrogen and oxygen atoms in total. The zero-order chi connectivity index (χ0) is 15.6. The van der Waals surface area contributed by atoms with Gasteiger partial charge >= 0.3 is 0 Å². The minimum atomic E-state index is -3.43. The van der Waals surface area contributed by atoms with Crippen LogP contribution in [0.3, 0.4) is 0 Å². The minimum Gasteiger partial charge on any atom is -0.395 e. The smallest absolute Gasteiger partial charge is 0.240 e. The largest absolute Gasteiger partial charge is 0.395 e. The van der Waals surface area contributed by atoms with Gasteiger partial charge in [-0.05, 0) is 30.7 Å². The van der Waals surface area contributed by atoms with Crippen LogP contribution < -0.4 is 4.72 Å². The highest BCUT2D eigenvalue weighted by atomic mass is 32.2. The van der Waals surface area contributed by atoms with Crippen LogP contribution in [0.1, 0.15) is 44.6 Å². The second-order valence-electron chi connectivity index (χ2n) is 4.76. The third kappa shape index (κ3) is 6.76. The van der Waals surface area contributed by atoms with Gasteiger partial charge in [0.2, 0.25) is 10.0 Å². The molecule has 116 valence electrons. The molecule has 5 heteroatoms. The summed E-state index contributed by atoms with van der Waals surface area (Å²) >= 11 is 0. The van der Waals surface area contributed by atoms with Crippen LogP contribution >= 0.6 is 0 Å². The predicted octanol–water partition coefficient (Wildman–Crippen LogP) is 2.28. The lowest BCUT2D eigenvalue weighted by molar-refractivity contribution is 0.305. The van der Waals surface area contributed by atoms with Crippen molar-refractivity contribution in [2.45, 2.75) is 43.9 Å². The van der Waals surface area contributed by atoms with Crippen molar-refractivity contribution < 1.29 is 13.5 Å². The van der Waals surface area contributed by atoms with Crippen LogP contribution in [-0.4, -0.2) is 26.7 Å². The summed E-state index contributed by atoms with van der Waals surface area (Å²) < 4.78 is 26.7. The van der Waals surface area contributed by atoms with Gasteiger partial charge in [-0.1, -0.05) is 38.0 Å². The van der Waals surface area contributed by atoms with E-state index in [0.29, 0.717) is 13.0 Å². The van der Waals surface area contributed by atoms with Gasteiger partial charge in [-0.2, -0.15) is 0 Å². The van der Waals surface area contributed by atoms with E-state index in [-0.39, 0.29) is 11.5 Å². The van der Waals surface area contributed by atoms with E-state index in [2.05, 4.69) is 23.5 Å². The predicted molar refractivity (Wildman–Crippen MR) is 84.4 cm³/mol. The van der Waals surface area contributed by atoms with Crippen LogP contribution in [0.4, 0.5) is 0 Å². The van der Waals surface area contributed by atoms with Crippen molar-refractivity contribution in [2.75, 3.05) is 13.2 Å². The summed E-state index contributed by atoms with van der Waals surface area (Å²) in [4.78, 5) is 0.255. The molecule has 0 atom stereocenters. The minimum absolute atomic E-state index is 0.0292. The standard InChI is InChI=1S/C16H23NO3S/c1-2-3-4-6-13-17-21(19,20)16-11-9-15(10-12-16)8-5-7-14-18/h9-12,17-18H,2-4,6-7,13-14H2,1H3. The van der Waals surface area contributed by atoms with Crippen molar-refractivity contribution >= 4 is 10.0 Å². The van der Waals surface area contributed by atoms with Gasteiger partial charge in [-0.3, -0.25) is 0 Å². The average molecular weight is 309 g/mol. The topological polar surface area (TPSA) is 66.4 Å². The lowest BCUT2D eigenvalue weighted by Crippen LogP contribution is -2.24. The Morgan fingerprint density at radius 1 is 1.14 bits per heavy atom. The number of hydrogen-bond donors (Lipinski definition) is 2. The molecule has 0 saturated heterocycles. The second-order valence-corrected chi connectivity index (χ2v) is 6.53. The van der Waals surface area contributed by atoms with Gasteiger partial charge in [-0.15, -0.1) is 0 Å². The summed E-state index contributed by atoms with van der Waals surface area (Å²) in [5, 5.41) is 8.64. The Hall–Kier alpha value is -1.35. The van der Waals surface area contributed by atoms with Crippen molar-refractivity contribution in [1.29, 1.82) is 0 Å². The van der Waals surface area contributed by atoms with Gasteiger partial charge in [0.05, 0.1) is 11.5 Å². The number of rotatable bonds is 8. The molecule has 1 rings (SSSR count). The molecule has 0 fully saturated rings. The van der Waals surface area contributed by atoms with Crippen LogP contribution in [0, 0.1) is 11.8 Å². The Balaban J connectivity index is 2.57.